The summed E-state index contributed by atoms with van der Waals surface area (Å²) < 4.78 is 0. The molecule has 1 fully saturated rings. The fraction of sp³-hybridized carbons (Fsp3) is 0.833. The molecule has 18 heavy (non-hydrogen) atoms. The van der Waals surface area contributed by atoms with E-state index in [4.69, 9.17) is 5.73 Å². The molecule has 1 aromatic heterocycles. The van der Waals surface area contributed by atoms with E-state index in [2.05, 4.69) is 27.0 Å². The summed E-state index contributed by atoms with van der Waals surface area (Å²) in [5.74, 6) is 2.13. The molecule has 1 aliphatic heterocycles. The molecule has 1 aromatic rings. The molecule has 2 rings (SSSR count). The number of anilines is 1. The molecule has 0 radical (unpaired) electrons. The second kappa shape index (κ2) is 5.67. The van der Waals surface area contributed by atoms with Gasteiger partial charge in [0, 0.05) is 25.6 Å². The minimum absolute atomic E-state index is 0.193. The summed E-state index contributed by atoms with van der Waals surface area (Å²) >= 11 is 0. The largest absolute Gasteiger partial charge is 0.393 e. The molecule has 6 heteroatoms. The number of aryl methyl sites for hydroxylation is 1. The molecule has 4 N–H and O–H groups in total. The number of aliphatic hydroxyl groups excluding tert-OH is 1. The zero-order valence-electron chi connectivity index (χ0n) is 11.1. The first-order valence-electron chi connectivity index (χ1n) is 6.66. The molecule has 2 heterocycles. The van der Waals surface area contributed by atoms with Gasteiger partial charge in [-0.1, -0.05) is 6.92 Å². The van der Waals surface area contributed by atoms with Gasteiger partial charge < -0.3 is 15.7 Å². The molecule has 102 valence electrons. The van der Waals surface area contributed by atoms with Crippen molar-refractivity contribution in [2.75, 3.05) is 18.0 Å². The van der Waals surface area contributed by atoms with E-state index in [1.807, 2.05) is 0 Å². The van der Waals surface area contributed by atoms with E-state index < -0.39 is 0 Å². The summed E-state index contributed by atoms with van der Waals surface area (Å²) in [7, 11) is 0. The van der Waals surface area contributed by atoms with Crippen LogP contribution in [-0.4, -0.2) is 45.5 Å². The highest BCUT2D eigenvalue weighted by Gasteiger charge is 2.25. The van der Waals surface area contributed by atoms with Crippen LogP contribution in [0.2, 0.25) is 0 Å². The van der Waals surface area contributed by atoms with Crippen LogP contribution in [0.25, 0.3) is 0 Å². The number of aromatic nitrogens is 3. The molecule has 0 aromatic carbocycles. The van der Waals surface area contributed by atoms with Crippen LogP contribution in [0, 0.1) is 5.92 Å². The van der Waals surface area contributed by atoms with Gasteiger partial charge >= 0.3 is 0 Å². The van der Waals surface area contributed by atoms with Crippen molar-refractivity contribution in [3.63, 3.8) is 0 Å². The average Bonchev–Trinajstić information content (AvgIpc) is 2.79. The molecule has 6 nitrogen and oxygen atoms in total. The molecule has 0 aliphatic carbocycles. The van der Waals surface area contributed by atoms with E-state index in [1.165, 1.54) is 0 Å². The van der Waals surface area contributed by atoms with Gasteiger partial charge in [-0.15, -0.1) is 5.10 Å². The Morgan fingerprint density at radius 3 is 3.06 bits per heavy atom. The molecule has 0 saturated carbocycles. The van der Waals surface area contributed by atoms with Crippen LogP contribution in [0.3, 0.4) is 0 Å². The average molecular weight is 253 g/mol. The maximum absolute atomic E-state index is 9.24. The summed E-state index contributed by atoms with van der Waals surface area (Å²) in [6, 6.07) is 0.193. The van der Waals surface area contributed by atoms with Crippen LogP contribution < -0.4 is 10.6 Å². The van der Waals surface area contributed by atoms with Crippen LogP contribution in [-0.2, 0) is 6.42 Å². The first kappa shape index (κ1) is 13.3. The number of aliphatic hydroxyl groups is 1. The third-order valence-corrected chi connectivity index (χ3v) is 3.62. The molecule has 0 bridgehead atoms. The zero-order chi connectivity index (χ0) is 13.1. The van der Waals surface area contributed by atoms with Crippen molar-refractivity contribution in [2.45, 2.75) is 45.3 Å². The van der Waals surface area contributed by atoms with Crippen molar-refractivity contribution in [3.05, 3.63) is 5.82 Å². The van der Waals surface area contributed by atoms with Crippen molar-refractivity contribution in [2.24, 2.45) is 11.7 Å². The minimum atomic E-state index is -0.303. The Labute approximate surface area is 108 Å². The number of piperidine rings is 1. The third-order valence-electron chi connectivity index (χ3n) is 3.62. The molecule has 3 atom stereocenters. The molecular formula is C12H23N5O. The smallest absolute Gasteiger partial charge is 0.244 e. The van der Waals surface area contributed by atoms with Crippen LogP contribution in [0.5, 0.6) is 0 Å². The number of nitrogens with two attached hydrogens (primary N) is 1. The zero-order valence-corrected chi connectivity index (χ0v) is 11.1. The van der Waals surface area contributed by atoms with E-state index in [0.717, 1.165) is 37.7 Å². The SMILES string of the molecule is CC(O)CCc1nc(N2CCC(C)C(N)C2)n[nH]1. The summed E-state index contributed by atoms with van der Waals surface area (Å²) in [6.45, 7) is 5.74. The molecule has 0 amide bonds. The van der Waals surface area contributed by atoms with Gasteiger partial charge in [-0.3, -0.25) is 5.10 Å². The second-order valence-corrected chi connectivity index (χ2v) is 5.35. The highest BCUT2D eigenvalue weighted by molar-refractivity contribution is 5.30. The minimum Gasteiger partial charge on any atom is -0.393 e. The van der Waals surface area contributed by atoms with Crippen LogP contribution >= 0.6 is 0 Å². The Hall–Kier alpha value is -1.14. The topological polar surface area (TPSA) is 91.1 Å². The van der Waals surface area contributed by atoms with E-state index >= 15 is 0 Å². The lowest BCUT2D eigenvalue weighted by Gasteiger charge is -2.34. The Kier molecular flexibility index (Phi) is 4.19. The highest BCUT2D eigenvalue weighted by atomic mass is 16.3. The van der Waals surface area contributed by atoms with Gasteiger partial charge in [0.2, 0.25) is 5.95 Å². The van der Waals surface area contributed by atoms with E-state index in [9.17, 15) is 5.11 Å². The molecule has 0 spiro atoms. The number of rotatable bonds is 4. The lowest BCUT2D eigenvalue weighted by molar-refractivity contribution is 0.184. The van der Waals surface area contributed by atoms with E-state index in [1.54, 1.807) is 6.92 Å². The summed E-state index contributed by atoms with van der Waals surface area (Å²) in [4.78, 5) is 6.59. The van der Waals surface area contributed by atoms with Crippen LogP contribution in [0.15, 0.2) is 0 Å². The van der Waals surface area contributed by atoms with Crippen LogP contribution in [0.1, 0.15) is 32.5 Å². The van der Waals surface area contributed by atoms with Crippen molar-refractivity contribution in [3.8, 4) is 0 Å². The lowest BCUT2D eigenvalue weighted by atomic mass is 9.95. The predicted molar refractivity (Wildman–Crippen MR) is 70.4 cm³/mol. The quantitative estimate of drug-likeness (QED) is 0.717. The Bertz CT molecular complexity index is 378. The molecule has 1 aliphatic rings. The van der Waals surface area contributed by atoms with Gasteiger partial charge in [0.25, 0.3) is 0 Å². The fourth-order valence-electron chi connectivity index (χ4n) is 2.16. The number of H-pyrrole nitrogens is 1. The van der Waals surface area contributed by atoms with Gasteiger partial charge in [0.05, 0.1) is 6.10 Å². The van der Waals surface area contributed by atoms with E-state index in [-0.39, 0.29) is 12.1 Å². The van der Waals surface area contributed by atoms with Crippen molar-refractivity contribution in [1.29, 1.82) is 0 Å². The van der Waals surface area contributed by atoms with Gasteiger partial charge in [0.1, 0.15) is 5.82 Å². The van der Waals surface area contributed by atoms with Gasteiger partial charge in [-0.25, -0.2) is 0 Å². The number of aromatic amines is 1. The molecular weight excluding hydrogens is 230 g/mol. The summed E-state index contributed by atoms with van der Waals surface area (Å²) in [5.41, 5.74) is 6.07. The second-order valence-electron chi connectivity index (χ2n) is 5.35. The summed E-state index contributed by atoms with van der Waals surface area (Å²) in [5, 5.41) is 16.4. The van der Waals surface area contributed by atoms with Gasteiger partial charge in [-0.05, 0) is 25.7 Å². The third kappa shape index (κ3) is 3.20. The maximum Gasteiger partial charge on any atom is 0.244 e. The van der Waals surface area contributed by atoms with Crippen molar-refractivity contribution < 1.29 is 5.11 Å². The van der Waals surface area contributed by atoms with Gasteiger partial charge in [0.15, 0.2) is 0 Å². The first-order chi connectivity index (χ1) is 8.56. The standard InChI is InChI=1S/C12H23N5O/c1-8-5-6-17(7-10(8)13)12-14-11(15-16-12)4-3-9(2)18/h8-10,18H,3-7,13H2,1-2H3,(H,14,15,16). The maximum atomic E-state index is 9.24. The monoisotopic (exact) mass is 253 g/mol. The number of hydrogen-bond donors (Lipinski definition) is 3. The Morgan fingerprint density at radius 1 is 1.61 bits per heavy atom. The number of hydrogen-bond acceptors (Lipinski definition) is 5. The summed E-state index contributed by atoms with van der Waals surface area (Å²) in [6.07, 6.45) is 2.20. The van der Waals surface area contributed by atoms with Crippen molar-refractivity contribution in [1.82, 2.24) is 15.2 Å². The Balaban J connectivity index is 1.93. The van der Waals surface area contributed by atoms with Crippen molar-refractivity contribution >= 4 is 5.95 Å². The lowest BCUT2D eigenvalue weighted by Crippen LogP contribution is -2.48. The van der Waals surface area contributed by atoms with Gasteiger partial charge in [-0.2, -0.15) is 4.98 Å². The van der Waals surface area contributed by atoms with E-state index in [0.29, 0.717) is 12.3 Å². The van der Waals surface area contributed by atoms with Crippen LogP contribution in [0.4, 0.5) is 5.95 Å². The highest BCUT2D eigenvalue weighted by Crippen LogP contribution is 2.19. The first-order valence-corrected chi connectivity index (χ1v) is 6.66. The fourth-order valence-corrected chi connectivity index (χ4v) is 2.16. The predicted octanol–water partition coefficient (Wildman–Crippen LogP) is 0.292. The number of nitrogens with one attached hydrogen (secondary N) is 1. The Morgan fingerprint density at radius 2 is 2.39 bits per heavy atom. The normalized spacial score (nSPS) is 26.3. The molecule has 1 saturated heterocycles. The molecule has 3 unspecified atom stereocenters. The number of nitrogens with zero attached hydrogens (tertiary/aromatic N) is 3.